The van der Waals surface area contributed by atoms with Crippen molar-refractivity contribution in [3.63, 3.8) is 0 Å². The quantitative estimate of drug-likeness (QED) is 0.858. The van der Waals surface area contributed by atoms with Crippen molar-refractivity contribution in [3.05, 3.63) is 34.6 Å². The Kier molecular flexibility index (Phi) is 4.71. The molecule has 1 rings (SSSR count). The molecule has 0 heterocycles. The van der Waals surface area contributed by atoms with Crippen molar-refractivity contribution in [2.45, 2.75) is 26.9 Å². The molecule has 18 heavy (non-hydrogen) atoms. The number of ether oxygens (including phenoxy) is 1. The Bertz CT molecular complexity index is 446. The molecule has 0 saturated heterocycles. The Morgan fingerprint density at radius 2 is 2.17 bits per heavy atom. The zero-order chi connectivity index (χ0) is 13.9. The van der Waals surface area contributed by atoms with Gasteiger partial charge in [0.25, 0.3) is 0 Å². The Labute approximate surface area is 111 Å². The third kappa shape index (κ3) is 3.00. The average Bonchev–Trinajstić information content (AvgIpc) is 2.31. The van der Waals surface area contributed by atoms with E-state index < -0.39 is 23.3 Å². The van der Waals surface area contributed by atoms with E-state index in [0.717, 1.165) is 6.07 Å². The Balaban J connectivity index is 3.08. The zero-order valence-electron chi connectivity index (χ0n) is 10.5. The van der Waals surface area contributed by atoms with Gasteiger partial charge in [0.15, 0.2) is 0 Å². The Hall–Kier alpha value is -1.13. The molecule has 0 bridgehead atoms. The van der Waals surface area contributed by atoms with Gasteiger partial charge in [-0.1, -0.05) is 11.6 Å². The highest BCUT2D eigenvalue weighted by Gasteiger charge is 2.39. The summed E-state index contributed by atoms with van der Waals surface area (Å²) in [5.41, 5.74) is -1.26. The topological polar surface area (TPSA) is 46.5 Å². The lowest BCUT2D eigenvalue weighted by molar-refractivity contribution is -0.160. The first-order valence-electron chi connectivity index (χ1n) is 5.61. The maximum Gasteiger partial charge on any atom is 0.314 e. The summed E-state index contributed by atoms with van der Waals surface area (Å²) < 4.78 is 18.5. The second kappa shape index (κ2) is 5.67. The number of esters is 1. The van der Waals surface area contributed by atoms with Crippen molar-refractivity contribution in [3.8, 4) is 0 Å². The van der Waals surface area contributed by atoms with Crippen LogP contribution in [-0.2, 0) is 9.53 Å². The molecular weight excluding hydrogens is 259 g/mol. The van der Waals surface area contributed by atoms with E-state index >= 15 is 0 Å². The van der Waals surface area contributed by atoms with Crippen LogP contribution in [0.25, 0.3) is 0 Å². The fraction of sp³-hybridized carbons (Fsp3) is 0.462. The van der Waals surface area contributed by atoms with Gasteiger partial charge in [0.05, 0.1) is 18.1 Å². The van der Waals surface area contributed by atoms with Crippen LogP contribution in [0.1, 0.15) is 32.4 Å². The van der Waals surface area contributed by atoms with Crippen LogP contribution in [0.2, 0.25) is 5.02 Å². The summed E-state index contributed by atoms with van der Waals surface area (Å²) in [5, 5.41) is 10.4. The van der Waals surface area contributed by atoms with E-state index in [0.29, 0.717) is 5.02 Å². The molecule has 3 nitrogen and oxygen atoms in total. The number of carbonyl (C=O) groups excluding carboxylic acids is 1. The van der Waals surface area contributed by atoms with Crippen LogP contribution in [0.4, 0.5) is 4.39 Å². The standard InChI is InChI=1S/C13H16ClFO3/c1-4-18-12(17)13(2,3)11(16)9-7-8(14)5-6-10(9)15/h5-7,11,16H,4H2,1-3H3. The fourth-order valence-electron chi connectivity index (χ4n) is 1.54. The first-order valence-corrected chi connectivity index (χ1v) is 5.98. The minimum absolute atomic E-state index is 0.0134. The Morgan fingerprint density at radius 1 is 1.56 bits per heavy atom. The number of hydrogen-bond donors (Lipinski definition) is 1. The molecular formula is C13H16ClFO3. The molecule has 0 spiro atoms. The lowest BCUT2D eigenvalue weighted by Crippen LogP contribution is -2.33. The number of aliphatic hydroxyl groups is 1. The van der Waals surface area contributed by atoms with Crippen molar-refractivity contribution < 1.29 is 19.0 Å². The van der Waals surface area contributed by atoms with Gasteiger partial charge < -0.3 is 9.84 Å². The number of rotatable bonds is 4. The number of hydrogen-bond acceptors (Lipinski definition) is 3. The third-order valence-electron chi connectivity index (χ3n) is 2.74. The summed E-state index contributed by atoms with van der Waals surface area (Å²) in [4.78, 5) is 11.7. The molecule has 0 aliphatic heterocycles. The fourth-order valence-corrected chi connectivity index (χ4v) is 1.72. The summed E-state index contributed by atoms with van der Waals surface area (Å²) in [6.45, 7) is 4.86. The highest BCUT2D eigenvalue weighted by atomic mass is 35.5. The van der Waals surface area contributed by atoms with Crippen molar-refractivity contribution in [2.75, 3.05) is 6.61 Å². The van der Waals surface area contributed by atoms with Gasteiger partial charge in [-0.2, -0.15) is 0 Å². The smallest absolute Gasteiger partial charge is 0.314 e. The van der Waals surface area contributed by atoms with Crippen LogP contribution < -0.4 is 0 Å². The molecule has 0 amide bonds. The molecule has 0 fully saturated rings. The van der Waals surface area contributed by atoms with Gasteiger partial charge in [-0.15, -0.1) is 0 Å². The van der Waals surface area contributed by atoms with Crippen LogP contribution >= 0.6 is 11.6 Å². The predicted octanol–water partition coefficient (Wildman–Crippen LogP) is 3.10. The average molecular weight is 275 g/mol. The van der Waals surface area contributed by atoms with Gasteiger partial charge in [-0.3, -0.25) is 4.79 Å². The maximum absolute atomic E-state index is 13.6. The van der Waals surface area contributed by atoms with Crippen LogP contribution in [0.15, 0.2) is 18.2 Å². The van der Waals surface area contributed by atoms with Gasteiger partial charge in [0, 0.05) is 10.6 Å². The molecule has 5 heteroatoms. The number of benzene rings is 1. The normalized spacial score (nSPS) is 13.2. The monoisotopic (exact) mass is 274 g/mol. The minimum Gasteiger partial charge on any atom is -0.465 e. The molecule has 0 aliphatic carbocycles. The van der Waals surface area contributed by atoms with Crippen LogP contribution in [0, 0.1) is 11.2 Å². The molecule has 1 N–H and O–H groups in total. The summed E-state index contributed by atoms with van der Waals surface area (Å²) in [7, 11) is 0. The van der Waals surface area contributed by atoms with Gasteiger partial charge in [0.1, 0.15) is 5.82 Å². The van der Waals surface area contributed by atoms with Gasteiger partial charge in [0.2, 0.25) is 0 Å². The molecule has 0 saturated carbocycles. The lowest BCUT2D eigenvalue weighted by atomic mass is 9.82. The molecule has 1 atom stereocenters. The first kappa shape index (κ1) is 14.9. The van der Waals surface area contributed by atoms with Crippen molar-refractivity contribution >= 4 is 17.6 Å². The Morgan fingerprint density at radius 3 is 2.72 bits per heavy atom. The van der Waals surface area contributed by atoms with E-state index in [1.165, 1.54) is 26.0 Å². The van der Waals surface area contributed by atoms with Crippen molar-refractivity contribution in [1.29, 1.82) is 0 Å². The maximum atomic E-state index is 13.6. The predicted molar refractivity (Wildman–Crippen MR) is 66.8 cm³/mol. The van der Waals surface area contributed by atoms with Gasteiger partial charge in [-0.25, -0.2) is 4.39 Å². The SMILES string of the molecule is CCOC(=O)C(C)(C)C(O)c1cc(Cl)ccc1F. The molecule has 100 valence electrons. The highest BCUT2D eigenvalue weighted by Crippen LogP contribution is 2.36. The molecule has 0 radical (unpaired) electrons. The van der Waals surface area contributed by atoms with Crippen LogP contribution in [0.3, 0.4) is 0 Å². The van der Waals surface area contributed by atoms with E-state index in [4.69, 9.17) is 16.3 Å². The first-order chi connectivity index (χ1) is 8.30. The summed E-state index contributed by atoms with van der Waals surface area (Å²) >= 11 is 5.76. The van der Waals surface area contributed by atoms with Gasteiger partial charge in [-0.05, 0) is 39.0 Å². The number of halogens is 2. The van der Waals surface area contributed by atoms with E-state index in [1.807, 2.05) is 0 Å². The second-order valence-corrected chi connectivity index (χ2v) is 4.95. The molecule has 0 aromatic heterocycles. The summed E-state index contributed by atoms with van der Waals surface area (Å²) in [6.07, 6.45) is -1.32. The molecule has 1 unspecified atom stereocenters. The van der Waals surface area contributed by atoms with Crippen molar-refractivity contribution in [2.24, 2.45) is 5.41 Å². The lowest BCUT2D eigenvalue weighted by Gasteiger charge is -2.28. The van der Waals surface area contributed by atoms with E-state index in [1.54, 1.807) is 6.92 Å². The van der Waals surface area contributed by atoms with Crippen molar-refractivity contribution in [1.82, 2.24) is 0 Å². The molecule has 1 aromatic rings. The van der Waals surface area contributed by atoms with Gasteiger partial charge >= 0.3 is 5.97 Å². The number of carbonyl (C=O) groups is 1. The summed E-state index contributed by atoms with van der Waals surface area (Å²) in [6, 6.07) is 3.84. The van der Waals surface area contributed by atoms with Crippen LogP contribution in [0.5, 0.6) is 0 Å². The largest absolute Gasteiger partial charge is 0.465 e. The van der Waals surface area contributed by atoms with E-state index in [2.05, 4.69) is 0 Å². The minimum atomic E-state index is -1.32. The summed E-state index contributed by atoms with van der Waals surface area (Å²) in [5.74, 6) is -1.19. The highest BCUT2D eigenvalue weighted by molar-refractivity contribution is 6.30. The molecule has 1 aromatic carbocycles. The third-order valence-corrected chi connectivity index (χ3v) is 2.97. The zero-order valence-corrected chi connectivity index (χ0v) is 11.3. The number of aliphatic hydroxyl groups excluding tert-OH is 1. The van der Waals surface area contributed by atoms with Crippen LogP contribution in [-0.4, -0.2) is 17.7 Å². The second-order valence-electron chi connectivity index (χ2n) is 4.51. The molecule has 0 aliphatic rings. The van der Waals surface area contributed by atoms with E-state index in [9.17, 15) is 14.3 Å². The van der Waals surface area contributed by atoms with E-state index in [-0.39, 0.29) is 12.2 Å².